The molecule has 0 heterocycles. The van der Waals surface area contributed by atoms with E-state index in [1.165, 1.54) is 5.57 Å². The second-order valence-corrected chi connectivity index (χ2v) is 7.42. The Morgan fingerprint density at radius 3 is 2.82 bits per heavy atom. The largest absolute Gasteiger partial charge is 0.466 e. The van der Waals surface area contributed by atoms with Crippen LogP contribution in [0, 0.1) is 11.3 Å². The van der Waals surface area contributed by atoms with Crippen molar-refractivity contribution >= 4 is 5.97 Å². The first-order valence-electron chi connectivity index (χ1n) is 8.42. The fourth-order valence-corrected chi connectivity index (χ4v) is 3.02. The monoisotopic (exact) mass is 308 g/mol. The number of carbonyl (C=O) groups is 1. The number of carbonyl (C=O) groups excluding carboxylic acids is 1. The third-order valence-electron chi connectivity index (χ3n) is 4.50. The highest BCUT2D eigenvalue weighted by atomic mass is 16.5. The van der Waals surface area contributed by atoms with E-state index in [4.69, 9.17) is 4.74 Å². The van der Waals surface area contributed by atoms with Gasteiger partial charge in [0.15, 0.2) is 0 Å². The fourth-order valence-electron chi connectivity index (χ4n) is 3.02. The zero-order valence-electron chi connectivity index (χ0n) is 14.8. The molecule has 0 aromatic rings. The van der Waals surface area contributed by atoms with Gasteiger partial charge < -0.3 is 9.84 Å². The topological polar surface area (TPSA) is 46.5 Å². The zero-order chi connectivity index (χ0) is 16.8. The van der Waals surface area contributed by atoms with Crippen LogP contribution in [-0.2, 0) is 9.53 Å². The van der Waals surface area contributed by atoms with E-state index >= 15 is 0 Å². The maximum atomic E-state index is 11.7. The Morgan fingerprint density at radius 1 is 1.55 bits per heavy atom. The molecular formula is C19H32O3. The van der Waals surface area contributed by atoms with Crippen LogP contribution in [0.3, 0.4) is 0 Å². The van der Waals surface area contributed by atoms with Gasteiger partial charge in [-0.1, -0.05) is 51.0 Å². The number of rotatable bonds is 7. The van der Waals surface area contributed by atoms with Crippen LogP contribution in [-0.4, -0.2) is 23.3 Å². The summed E-state index contributed by atoms with van der Waals surface area (Å²) in [5.74, 6) is -0.0258. The molecule has 0 aromatic carbocycles. The quantitative estimate of drug-likeness (QED) is 0.430. The van der Waals surface area contributed by atoms with E-state index in [9.17, 15) is 9.90 Å². The Bertz CT molecular complexity index is 430. The molecule has 22 heavy (non-hydrogen) atoms. The summed E-state index contributed by atoms with van der Waals surface area (Å²) in [6.07, 6.45) is 10.2. The molecule has 126 valence electrons. The maximum Gasteiger partial charge on any atom is 0.309 e. The first-order valence-corrected chi connectivity index (χ1v) is 8.42. The van der Waals surface area contributed by atoms with Crippen molar-refractivity contribution in [2.24, 2.45) is 11.3 Å². The molecular weight excluding hydrogens is 276 g/mol. The summed E-state index contributed by atoms with van der Waals surface area (Å²) >= 11 is 0. The molecule has 1 aliphatic rings. The SMILES string of the molecule is CCCCOC(=O)CC(C)(O)C=CC1C(C)=CCCC1(C)C. The number of hydrogen-bond donors (Lipinski definition) is 1. The van der Waals surface area contributed by atoms with Gasteiger partial charge in [-0.15, -0.1) is 0 Å². The molecule has 0 bridgehead atoms. The first-order chi connectivity index (χ1) is 10.2. The normalized spacial score (nSPS) is 23.9. The van der Waals surface area contributed by atoms with Gasteiger partial charge in [0.2, 0.25) is 0 Å². The predicted molar refractivity (Wildman–Crippen MR) is 90.5 cm³/mol. The molecule has 0 saturated heterocycles. The van der Waals surface area contributed by atoms with Crippen LogP contribution >= 0.6 is 0 Å². The van der Waals surface area contributed by atoms with Crippen molar-refractivity contribution < 1.29 is 14.6 Å². The average molecular weight is 308 g/mol. The number of ether oxygens (including phenoxy) is 1. The van der Waals surface area contributed by atoms with Crippen LogP contribution in [0.1, 0.15) is 66.7 Å². The highest BCUT2D eigenvalue weighted by Gasteiger charge is 2.32. The summed E-state index contributed by atoms with van der Waals surface area (Å²) in [4.78, 5) is 11.7. The van der Waals surface area contributed by atoms with Crippen LogP contribution in [0.15, 0.2) is 23.8 Å². The maximum absolute atomic E-state index is 11.7. The van der Waals surface area contributed by atoms with Gasteiger partial charge in [-0.3, -0.25) is 4.79 Å². The molecule has 2 unspecified atom stereocenters. The lowest BCUT2D eigenvalue weighted by molar-refractivity contribution is -0.147. The van der Waals surface area contributed by atoms with Gasteiger partial charge in [0.05, 0.1) is 18.6 Å². The molecule has 0 aliphatic heterocycles. The van der Waals surface area contributed by atoms with E-state index in [0.29, 0.717) is 12.5 Å². The van der Waals surface area contributed by atoms with Crippen LogP contribution in [0.2, 0.25) is 0 Å². The van der Waals surface area contributed by atoms with Crippen molar-refractivity contribution in [2.75, 3.05) is 6.61 Å². The smallest absolute Gasteiger partial charge is 0.309 e. The highest BCUT2D eigenvalue weighted by Crippen LogP contribution is 2.41. The van der Waals surface area contributed by atoms with Crippen molar-refractivity contribution in [2.45, 2.75) is 72.3 Å². The third kappa shape index (κ3) is 5.96. The van der Waals surface area contributed by atoms with Crippen LogP contribution < -0.4 is 0 Å². The van der Waals surface area contributed by atoms with Gasteiger partial charge in [0, 0.05) is 5.92 Å². The van der Waals surface area contributed by atoms with Crippen molar-refractivity contribution in [1.82, 2.24) is 0 Å². The van der Waals surface area contributed by atoms with Crippen LogP contribution in [0.4, 0.5) is 0 Å². The Hall–Kier alpha value is -1.09. The number of aliphatic hydroxyl groups is 1. The molecule has 0 saturated carbocycles. The molecule has 0 fully saturated rings. The molecule has 0 amide bonds. The second-order valence-electron chi connectivity index (χ2n) is 7.42. The lowest BCUT2D eigenvalue weighted by Crippen LogP contribution is -2.29. The first kappa shape index (κ1) is 19.0. The molecule has 1 N–H and O–H groups in total. The summed E-state index contributed by atoms with van der Waals surface area (Å²) in [5.41, 5.74) is 0.373. The summed E-state index contributed by atoms with van der Waals surface area (Å²) in [6, 6.07) is 0. The van der Waals surface area contributed by atoms with Crippen LogP contribution in [0.25, 0.3) is 0 Å². The van der Waals surface area contributed by atoms with E-state index in [2.05, 4.69) is 39.8 Å². The highest BCUT2D eigenvalue weighted by molar-refractivity contribution is 5.71. The molecule has 3 heteroatoms. The minimum atomic E-state index is -1.16. The van der Waals surface area contributed by atoms with E-state index in [1.54, 1.807) is 13.0 Å². The Labute approximate surface area is 135 Å². The summed E-state index contributed by atoms with van der Waals surface area (Å²) in [6.45, 7) is 10.8. The zero-order valence-corrected chi connectivity index (χ0v) is 14.8. The molecule has 3 nitrogen and oxygen atoms in total. The van der Waals surface area contributed by atoms with Gasteiger partial charge in [-0.05, 0) is 38.5 Å². The van der Waals surface area contributed by atoms with E-state index in [1.807, 2.05) is 0 Å². The van der Waals surface area contributed by atoms with E-state index in [0.717, 1.165) is 25.7 Å². The number of allylic oxidation sites excluding steroid dienone is 3. The Kier molecular flexibility index (Phi) is 6.86. The lowest BCUT2D eigenvalue weighted by atomic mass is 9.68. The fraction of sp³-hybridized carbons (Fsp3) is 0.737. The van der Waals surface area contributed by atoms with E-state index in [-0.39, 0.29) is 17.8 Å². The second kappa shape index (κ2) is 7.96. The standard InChI is InChI=1S/C19H32O3/c1-6-7-13-22-17(20)14-19(5,21)12-10-16-15(2)9-8-11-18(16,3)4/h9-10,12,16,21H,6-8,11,13-14H2,1-5H3. The molecule has 0 radical (unpaired) electrons. The summed E-state index contributed by atoms with van der Waals surface area (Å²) in [5, 5.41) is 10.4. The lowest BCUT2D eigenvalue weighted by Gasteiger charge is -2.37. The Balaban J connectivity index is 2.64. The summed E-state index contributed by atoms with van der Waals surface area (Å²) < 4.78 is 5.13. The predicted octanol–water partition coefficient (Wildman–Crippen LogP) is 4.41. The van der Waals surface area contributed by atoms with E-state index < -0.39 is 5.60 Å². The van der Waals surface area contributed by atoms with Crippen molar-refractivity contribution in [3.05, 3.63) is 23.8 Å². The average Bonchev–Trinajstić information content (AvgIpc) is 2.36. The van der Waals surface area contributed by atoms with Crippen LogP contribution in [0.5, 0.6) is 0 Å². The number of unbranched alkanes of at least 4 members (excludes halogenated alkanes) is 1. The Morgan fingerprint density at radius 2 is 2.23 bits per heavy atom. The van der Waals surface area contributed by atoms with Crippen molar-refractivity contribution in [1.29, 1.82) is 0 Å². The van der Waals surface area contributed by atoms with Crippen molar-refractivity contribution in [3.8, 4) is 0 Å². The summed E-state index contributed by atoms with van der Waals surface area (Å²) in [7, 11) is 0. The minimum absolute atomic E-state index is 0.00310. The van der Waals surface area contributed by atoms with Gasteiger partial charge in [0.25, 0.3) is 0 Å². The molecule has 0 aromatic heterocycles. The van der Waals surface area contributed by atoms with Gasteiger partial charge in [-0.25, -0.2) is 0 Å². The van der Waals surface area contributed by atoms with Crippen molar-refractivity contribution in [3.63, 3.8) is 0 Å². The minimum Gasteiger partial charge on any atom is -0.466 e. The van der Waals surface area contributed by atoms with Gasteiger partial charge >= 0.3 is 5.97 Å². The molecule has 1 rings (SSSR count). The van der Waals surface area contributed by atoms with Gasteiger partial charge in [0.1, 0.15) is 0 Å². The molecule has 0 spiro atoms. The molecule has 1 aliphatic carbocycles. The number of hydrogen-bond acceptors (Lipinski definition) is 3. The molecule has 2 atom stereocenters. The van der Waals surface area contributed by atoms with Gasteiger partial charge in [-0.2, -0.15) is 0 Å². The third-order valence-corrected chi connectivity index (χ3v) is 4.50. The number of esters is 1.